The van der Waals surface area contributed by atoms with Crippen molar-refractivity contribution in [3.63, 3.8) is 0 Å². The van der Waals surface area contributed by atoms with Crippen LogP contribution in [0.3, 0.4) is 0 Å². The van der Waals surface area contributed by atoms with E-state index < -0.39 is 5.41 Å². The summed E-state index contributed by atoms with van der Waals surface area (Å²) in [5, 5.41) is 18.4. The summed E-state index contributed by atoms with van der Waals surface area (Å²) in [6, 6.07) is 78.8. The molecular formula is C61H34. The van der Waals surface area contributed by atoms with Gasteiger partial charge in [0.15, 0.2) is 0 Å². The van der Waals surface area contributed by atoms with Gasteiger partial charge in [-0.1, -0.05) is 200 Å². The first kappa shape index (κ1) is 32.1. The third-order valence-electron chi connectivity index (χ3n) is 14.8. The van der Waals surface area contributed by atoms with Crippen LogP contribution in [0, 0.1) is 0 Å². The van der Waals surface area contributed by atoms with Gasteiger partial charge < -0.3 is 0 Å². The van der Waals surface area contributed by atoms with Crippen LogP contribution in [0.1, 0.15) is 22.3 Å². The predicted octanol–water partition coefficient (Wildman–Crippen LogP) is 16.3. The monoisotopic (exact) mass is 766 g/mol. The van der Waals surface area contributed by atoms with Gasteiger partial charge in [0.2, 0.25) is 0 Å². The van der Waals surface area contributed by atoms with Crippen LogP contribution in [-0.2, 0) is 5.41 Å². The van der Waals surface area contributed by atoms with E-state index in [0.717, 1.165) is 0 Å². The van der Waals surface area contributed by atoms with Gasteiger partial charge in [-0.25, -0.2) is 0 Å². The summed E-state index contributed by atoms with van der Waals surface area (Å²) in [5.41, 5.74) is 15.4. The SMILES string of the molecule is c1ccc2c(c1)-c1ccccc1C21c2cc(-c3ccc4ccc5cccc6ccc3c4c56)ccc2-c2ccc3c(-c4ccc5ccc6cccc7ccc4c5c67)cccc3c21. The molecule has 0 unspecified atom stereocenters. The number of fused-ring (bicyclic) bond motifs is 12. The molecule has 13 aromatic carbocycles. The highest BCUT2D eigenvalue weighted by Crippen LogP contribution is 2.65. The zero-order valence-electron chi connectivity index (χ0n) is 33.1. The van der Waals surface area contributed by atoms with Crippen LogP contribution in [0.15, 0.2) is 206 Å². The van der Waals surface area contributed by atoms with Crippen molar-refractivity contribution in [2.45, 2.75) is 5.41 Å². The molecule has 0 nitrogen and oxygen atoms in total. The molecule has 0 N–H and O–H groups in total. The summed E-state index contributed by atoms with van der Waals surface area (Å²) in [7, 11) is 0. The van der Waals surface area contributed by atoms with E-state index in [1.165, 1.54) is 142 Å². The number of hydrogen-bond donors (Lipinski definition) is 0. The zero-order valence-corrected chi connectivity index (χ0v) is 33.1. The topological polar surface area (TPSA) is 0 Å². The van der Waals surface area contributed by atoms with Crippen molar-refractivity contribution in [2.24, 2.45) is 0 Å². The van der Waals surface area contributed by atoms with Crippen molar-refractivity contribution in [2.75, 3.05) is 0 Å². The van der Waals surface area contributed by atoms with E-state index in [1.54, 1.807) is 0 Å². The van der Waals surface area contributed by atoms with Crippen LogP contribution < -0.4 is 0 Å². The lowest BCUT2D eigenvalue weighted by molar-refractivity contribution is 0.801. The van der Waals surface area contributed by atoms with E-state index >= 15 is 0 Å². The maximum absolute atomic E-state index is 2.55. The van der Waals surface area contributed by atoms with E-state index in [0.29, 0.717) is 0 Å². The van der Waals surface area contributed by atoms with Crippen LogP contribution in [0.2, 0.25) is 0 Å². The quantitative estimate of drug-likeness (QED) is 0.154. The van der Waals surface area contributed by atoms with Crippen LogP contribution in [0.5, 0.6) is 0 Å². The average molecular weight is 767 g/mol. The van der Waals surface area contributed by atoms with E-state index in [2.05, 4.69) is 206 Å². The molecule has 0 bridgehead atoms. The lowest BCUT2D eigenvalue weighted by Crippen LogP contribution is -2.26. The first-order valence-electron chi connectivity index (χ1n) is 21.5. The van der Waals surface area contributed by atoms with Gasteiger partial charge >= 0.3 is 0 Å². The minimum atomic E-state index is -0.502. The molecule has 61 heavy (non-hydrogen) atoms. The Kier molecular flexibility index (Phi) is 5.93. The number of benzene rings is 13. The maximum atomic E-state index is 2.55. The second kappa shape index (κ2) is 11.3. The first-order chi connectivity index (χ1) is 30.3. The Balaban J connectivity index is 1.03. The molecule has 0 aromatic heterocycles. The highest BCUT2D eigenvalue weighted by Gasteiger charge is 2.52. The van der Waals surface area contributed by atoms with Crippen LogP contribution in [0.4, 0.5) is 0 Å². The Morgan fingerprint density at radius 2 is 0.656 bits per heavy atom. The highest BCUT2D eigenvalue weighted by atomic mass is 14.5. The van der Waals surface area contributed by atoms with Crippen molar-refractivity contribution in [1.82, 2.24) is 0 Å². The largest absolute Gasteiger partial charge is 0.0731 e. The van der Waals surface area contributed by atoms with Gasteiger partial charge in [-0.3, -0.25) is 0 Å². The van der Waals surface area contributed by atoms with Gasteiger partial charge in [-0.2, -0.15) is 0 Å². The molecule has 0 saturated heterocycles. The molecule has 278 valence electrons. The van der Waals surface area contributed by atoms with E-state index in [-0.39, 0.29) is 0 Å². The summed E-state index contributed by atoms with van der Waals surface area (Å²) in [6.07, 6.45) is 0. The molecule has 2 aliphatic rings. The Bertz CT molecular complexity index is 3970. The van der Waals surface area contributed by atoms with Gasteiger partial charge in [-0.05, 0) is 148 Å². The number of hydrogen-bond acceptors (Lipinski definition) is 0. The predicted molar refractivity (Wildman–Crippen MR) is 259 cm³/mol. The smallest absolute Gasteiger partial charge is 0.0619 e. The molecule has 0 heterocycles. The summed E-state index contributed by atoms with van der Waals surface area (Å²) < 4.78 is 0. The van der Waals surface area contributed by atoms with Crippen molar-refractivity contribution < 1.29 is 0 Å². The lowest BCUT2D eigenvalue weighted by atomic mass is 9.69. The molecular weight excluding hydrogens is 733 g/mol. The summed E-state index contributed by atoms with van der Waals surface area (Å²) in [6.45, 7) is 0. The maximum Gasteiger partial charge on any atom is 0.0731 e. The van der Waals surface area contributed by atoms with Crippen LogP contribution in [-0.4, -0.2) is 0 Å². The molecule has 0 amide bonds. The minimum absolute atomic E-state index is 0.502. The molecule has 0 aliphatic heterocycles. The fourth-order valence-corrected chi connectivity index (χ4v) is 12.4. The second-order valence-corrected chi connectivity index (χ2v) is 17.4. The highest BCUT2D eigenvalue weighted by molar-refractivity contribution is 6.27. The Morgan fingerprint density at radius 1 is 0.230 bits per heavy atom. The van der Waals surface area contributed by atoms with E-state index in [9.17, 15) is 0 Å². The van der Waals surface area contributed by atoms with Crippen LogP contribution in [0.25, 0.3) is 120 Å². The third kappa shape index (κ3) is 3.88. The molecule has 13 aromatic rings. The molecule has 0 atom stereocenters. The van der Waals surface area contributed by atoms with Gasteiger partial charge in [0.1, 0.15) is 0 Å². The number of rotatable bonds is 2. The van der Waals surface area contributed by atoms with Crippen molar-refractivity contribution in [1.29, 1.82) is 0 Å². The van der Waals surface area contributed by atoms with Gasteiger partial charge in [0.25, 0.3) is 0 Å². The summed E-state index contributed by atoms with van der Waals surface area (Å²) in [5.74, 6) is 0. The standard InChI is InChI=1S/C61H34/c1-3-16-53-46(12-1)47-13-2-4-17-54(47)61(53)55-34-41(42-27-22-39-20-18-35-8-5-10-37-24-30-49(42)58(39)56(35)37)26-29-48(55)52-33-32-45-43(14-7-15-51(45)60(52)61)44-28-23-40-21-19-36-9-6-11-38-25-31-50(44)59(40)57(36)38/h1-34H. The first-order valence-corrected chi connectivity index (χ1v) is 21.5. The molecule has 1 spiro atoms. The van der Waals surface area contributed by atoms with Crippen molar-refractivity contribution in [3.05, 3.63) is 229 Å². The fourth-order valence-electron chi connectivity index (χ4n) is 12.4. The van der Waals surface area contributed by atoms with Crippen LogP contribution >= 0.6 is 0 Å². The van der Waals surface area contributed by atoms with Gasteiger partial charge in [-0.15, -0.1) is 0 Å². The molecule has 2 aliphatic carbocycles. The Labute approximate surface area is 352 Å². The summed E-state index contributed by atoms with van der Waals surface area (Å²) in [4.78, 5) is 0. The van der Waals surface area contributed by atoms with E-state index in [4.69, 9.17) is 0 Å². The summed E-state index contributed by atoms with van der Waals surface area (Å²) >= 11 is 0. The minimum Gasteiger partial charge on any atom is -0.0619 e. The molecule has 0 saturated carbocycles. The van der Waals surface area contributed by atoms with Gasteiger partial charge in [0, 0.05) is 0 Å². The zero-order chi connectivity index (χ0) is 39.6. The molecule has 0 radical (unpaired) electrons. The fraction of sp³-hybridized carbons (Fsp3) is 0.0164. The van der Waals surface area contributed by atoms with Gasteiger partial charge in [0.05, 0.1) is 5.41 Å². The average Bonchev–Trinajstić information content (AvgIpc) is 3.79. The third-order valence-corrected chi connectivity index (χ3v) is 14.8. The van der Waals surface area contributed by atoms with Crippen molar-refractivity contribution in [3.8, 4) is 44.5 Å². The molecule has 0 fully saturated rings. The normalized spacial score (nSPS) is 13.7. The lowest BCUT2D eigenvalue weighted by Gasteiger charge is -2.32. The van der Waals surface area contributed by atoms with E-state index in [1.807, 2.05) is 0 Å². The Morgan fingerprint density at radius 3 is 1.30 bits per heavy atom. The molecule has 15 rings (SSSR count). The second-order valence-electron chi connectivity index (χ2n) is 17.4. The molecule has 0 heteroatoms. The van der Waals surface area contributed by atoms with Crippen molar-refractivity contribution >= 4 is 75.4 Å². The Hall–Kier alpha value is -7.80.